The monoisotopic (exact) mass is 492 g/mol. The molecule has 4 aromatic carbocycles. The van der Waals surface area contributed by atoms with E-state index in [-0.39, 0.29) is 9.79 Å². The molecule has 0 fully saturated rings. The summed E-state index contributed by atoms with van der Waals surface area (Å²) in [6.45, 7) is 0. The highest BCUT2D eigenvalue weighted by molar-refractivity contribution is 7.93. The molecule has 8 heteroatoms. The van der Waals surface area contributed by atoms with Gasteiger partial charge in [0.2, 0.25) is 0 Å². The highest BCUT2D eigenvalue weighted by Gasteiger charge is 2.16. The van der Waals surface area contributed by atoms with Crippen LogP contribution in [0, 0.1) is 0 Å². The third-order valence-corrected chi connectivity index (χ3v) is 8.01. The summed E-state index contributed by atoms with van der Waals surface area (Å²) in [5.74, 6) is 0. The van der Waals surface area contributed by atoms with Crippen molar-refractivity contribution in [2.75, 3.05) is 9.44 Å². The van der Waals surface area contributed by atoms with Crippen LogP contribution in [-0.2, 0) is 32.9 Å². The van der Waals surface area contributed by atoms with E-state index in [2.05, 4.69) is 9.44 Å². The third-order valence-electron chi connectivity index (χ3n) is 5.23. The first-order chi connectivity index (χ1) is 16.3. The van der Waals surface area contributed by atoms with Crippen LogP contribution in [0.2, 0.25) is 0 Å². The van der Waals surface area contributed by atoms with Crippen LogP contribution in [0.5, 0.6) is 0 Å². The Morgan fingerprint density at radius 2 is 1.09 bits per heavy atom. The fourth-order valence-electron chi connectivity index (χ4n) is 3.52. The molecular formula is C26H24N2O4S2. The Morgan fingerprint density at radius 3 is 1.74 bits per heavy atom. The van der Waals surface area contributed by atoms with Crippen molar-refractivity contribution >= 4 is 31.4 Å². The van der Waals surface area contributed by atoms with Crippen LogP contribution in [0.25, 0.3) is 0 Å². The van der Waals surface area contributed by atoms with Gasteiger partial charge in [0.05, 0.1) is 15.5 Å². The lowest BCUT2D eigenvalue weighted by Crippen LogP contribution is -2.14. The number of sulfonamides is 2. The molecule has 6 nitrogen and oxygen atoms in total. The summed E-state index contributed by atoms with van der Waals surface area (Å²) in [5, 5.41) is 0. The van der Waals surface area contributed by atoms with Crippen LogP contribution in [0.1, 0.15) is 11.1 Å². The minimum absolute atomic E-state index is 0.194. The molecule has 34 heavy (non-hydrogen) atoms. The summed E-state index contributed by atoms with van der Waals surface area (Å²) in [7, 11) is -7.38. The third kappa shape index (κ3) is 5.84. The molecule has 0 aliphatic rings. The summed E-state index contributed by atoms with van der Waals surface area (Å²) < 4.78 is 56.0. The van der Waals surface area contributed by atoms with Crippen molar-refractivity contribution in [2.24, 2.45) is 0 Å². The SMILES string of the molecule is O=S(=O)(Nc1cccc(CCc2ccccc2NS(=O)(=O)c2ccccc2)c1)c1ccccc1. The summed E-state index contributed by atoms with van der Waals surface area (Å²) in [6.07, 6.45) is 1.17. The Balaban J connectivity index is 1.48. The van der Waals surface area contributed by atoms with Gasteiger partial charge in [-0.2, -0.15) is 0 Å². The number of hydrogen-bond donors (Lipinski definition) is 2. The number of anilines is 2. The van der Waals surface area contributed by atoms with E-state index in [4.69, 9.17) is 0 Å². The molecule has 0 radical (unpaired) electrons. The number of para-hydroxylation sites is 1. The van der Waals surface area contributed by atoms with E-state index in [1.807, 2.05) is 18.2 Å². The van der Waals surface area contributed by atoms with Crippen molar-refractivity contribution in [3.05, 3.63) is 120 Å². The molecule has 0 amide bonds. The molecule has 174 valence electrons. The van der Waals surface area contributed by atoms with Gasteiger partial charge in [-0.3, -0.25) is 9.44 Å². The minimum atomic E-state index is -3.70. The fraction of sp³-hybridized carbons (Fsp3) is 0.0769. The number of hydrogen-bond acceptors (Lipinski definition) is 4. The molecule has 0 saturated carbocycles. The van der Waals surface area contributed by atoms with Crippen molar-refractivity contribution in [3.8, 4) is 0 Å². The van der Waals surface area contributed by atoms with Crippen LogP contribution < -0.4 is 9.44 Å². The van der Waals surface area contributed by atoms with Gasteiger partial charge in [0.1, 0.15) is 0 Å². The van der Waals surface area contributed by atoms with E-state index >= 15 is 0 Å². The molecule has 0 heterocycles. The minimum Gasteiger partial charge on any atom is -0.280 e. The number of rotatable bonds is 9. The molecule has 0 spiro atoms. The van der Waals surface area contributed by atoms with Gasteiger partial charge in [-0.05, 0) is 66.4 Å². The largest absolute Gasteiger partial charge is 0.280 e. The Hall–Kier alpha value is -3.62. The summed E-state index contributed by atoms with van der Waals surface area (Å²) in [5.41, 5.74) is 2.76. The van der Waals surface area contributed by atoms with Gasteiger partial charge in [-0.1, -0.05) is 66.7 Å². The average molecular weight is 493 g/mol. The fourth-order valence-corrected chi connectivity index (χ4v) is 5.72. The standard InChI is InChI=1S/C26H24N2O4S2/c29-33(30,24-13-3-1-4-14-24)27-23-12-9-10-21(20-23)18-19-22-11-7-8-17-26(22)28-34(31,32)25-15-5-2-6-16-25/h1-17,20,27-28H,18-19H2. The predicted octanol–water partition coefficient (Wildman–Crippen LogP) is 5.07. The molecule has 4 aromatic rings. The topological polar surface area (TPSA) is 92.3 Å². The summed E-state index contributed by atoms with van der Waals surface area (Å²) >= 11 is 0. The van der Waals surface area contributed by atoms with Crippen molar-refractivity contribution in [2.45, 2.75) is 22.6 Å². The molecule has 0 aromatic heterocycles. The first kappa shape index (κ1) is 23.5. The lowest BCUT2D eigenvalue weighted by molar-refractivity contribution is 0.599. The smallest absolute Gasteiger partial charge is 0.261 e. The highest BCUT2D eigenvalue weighted by Crippen LogP contribution is 2.23. The van der Waals surface area contributed by atoms with Crippen molar-refractivity contribution in [1.29, 1.82) is 0 Å². The molecular weight excluding hydrogens is 468 g/mol. The van der Waals surface area contributed by atoms with Crippen LogP contribution >= 0.6 is 0 Å². The Labute approximate surface area is 200 Å². The maximum atomic E-state index is 12.7. The average Bonchev–Trinajstić information content (AvgIpc) is 2.84. The molecule has 0 bridgehead atoms. The zero-order chi connectivity index (χ0) is 24.0. The molecule has 0 saturated heterocycles. The predicted molar refractivity (Wildman–Crippen MR) is 135 cm³/mol. The Bertz CT molecular complexity index is 1470. The number of nitrogens with one attached hydrogen (secondary N) is 2. The van der Waals surface area contributed by atoms with E-state index in [1.54, 1.807) is 91.0 Å². The Morgan fingerprint density at radius 1 is 0.529 bits per heavy atom. The zero-order valence-corrected chi connectivity index (χ0v) is 19.9. The molecule has 0 aliphatic carbocycles. The normalized spacial score (nSPS) is 11.6. The summed E-state index contributed by atoms with van der Waals surface area (Å²) in [6, 6.07) is 30.9. The van der Waals surface area contributed by atoms with Crippen LogP contribution in [-0.4, -0.2) is 16.8 Å². The van der Waals surface area contributed by atoms with Crippen LogP contribution in [0.15, 0.2) is 119 Å². The maximum Gasteiger partial charge on any atom is 0.261 e. The van der Waals surface area contributed by atoms with Gasteiger partial charge in [-0.15, -0.1) is 0 Å². The lowest BCUT2D eigenvalue weighted by Gasteiger charge is -2.13. The second-order valence-electron chi connectivity index (χ2n) is 7.69. The lowest BCUT2D eigenvalue weighted by atomic mass is 10.0. The summed E-state index contributed by atoms with van der Waals surface area (Å²) in [4.78, 5) is 0.392. The van der Waals surface area contributed by atoms with Gasteiger partial charge in [-0.25, -0.2) is 16.8 Å². The van der Waals surface area contributed by atoms with Crippen LogP contribution in [0.4, 0.5) is 11.4 Å². The molecule has 0 aliphatic heterocycles. The Kier molecular flexibility index (Phi) is 7.00. The van der Waals surface area contributed by atoms with E-state index in [1.165, 1.54) is 0 Å². The number of benzene rings is 4. The molecule has 0 atom stereocenters. The van der Waals surface area contributed by atoms with Gasteiger partial charge >= 0.3 is 0 Å². The first-order valence-corrected chi connectivity index (χ1v) is 13.6. The molecule has 0 unspecified atom stereocenters. The second-order valence-corrected chi connectivity index (χ2v) is 11.1. The van der Waals surface area contributed by atoms with E-state index < -0.39 is 20.0 Å². The van der Waals surface area contributed by atoms with E-state index in [0.29, 0.717) is 24.2 Å². The highest BCUT2D eigenvalue weighted by atomic mass is 32.2. The van der Waals surface area contributed by atoms with E-state index in [9.17, 15) is 16.8 Å². The first-order valence-electron chi connectivity index (χ1n) is 10.7. The molecule has 2 N–H and O–H groups in total. The number of aryl methyl sites for hydroxylation is 2. The zero-order valence-electron chi connectivity index (χ0n) is 18.3. The van der Waals surface area contributed by atoms with Gasteiger partial charge in [0, 0.05) is 5.69 Å². The maximum absolute atomic E-state index is 12.7. The quantitative estimate of drug-likeness (QED) is 0.341. The van der Waals surface area contributed by atoms with Crippen molar-refractivity contribution < 1.29 is 16.8 Å². The van der Waals surface area contributed by atoms with Crippen molar-refractivity contribution in [1.82, 2.24) is 0 Å². The van der Waals surface area contributed by atoms with Gasteiger partial charge in [0.25, 0.3) is 20.0 Å². The molecule has 4 rings (SSSR count). The van der Waals surface area contributed by atoms with E-state index in [0.717, 1.165) is 11.1 Å². The van der Waals surface area contributed by atoms with Gasteiger partial charge in [0.15, 0.2) is 0 Å². The second kappa shape index (κ2) is 10.1. The van der Waals surface area contributed by atoms with Gasteiger partial charge < -0.3 is 0 Å². The van der Waals surface area contributed by atoms with Crippen molar-refractivity contribution in [3.63, 3.8) is 0 Å². The van der Waals surface area contributed by atoms with Crippen LogP contribution in [0.3, 0.4) is 0 Å².